The maximum atomic E-state index is 11.6. The first-order chi connectivity index (χ1) is 21.7. The molecule has 0 saturated heterocycles. The van der Waals surface area contributed by atoms with Crippen LogP contribution in [0.2, 0.25) is 54.4 Å². The van der Waals surface area contributed by atoms with E-state index in [1.165, 1.54) is 26.4 Å². The number of rotatable bonds is 19. The van der Waals surface area contributed by atoms with Crippen LogP contribution in [0.5, 0.6) is 0 Å². The van der Waals surface area contributed by atoms with Gasteiger partial charge >= 0.3 is 5.97 Å². The molecule has 5 atom stereocenters. The molecule has 0 bridgehead atoms. The van der Waals surface area contributed by atoms with Gasteiger partial charge in [-0.3, -0.25) is 4.79 Å². The molecule has 0 aromatic heterocycles. The Morgan fingerprint density at radius 2 is 1.43 bits per heavy atom. The molecule has 5 nitrogen and oxygen atoms in total. The molecule has 274 valence electrons. The number of methoxy groups -OCH3 is 1. The lowest BCUT2D eigenvalue weighted by Gasteiger charge is -2.40. The highest BCUT2D eigenvalue weighted by molar-refractivity contribution is 6.74. The third kappa shape index (κ3) is 13.9. The highest BCUT2D eigenvalue weighted by atomic mass is 28.4. The number of ether oxygens (including phenoxy) is 1. The first-order valence-electron chi connectivity index (χ1n) is 19.0. The zero-order valence-electron chi connectivity index (χ0n) is 33.6. The molecular weight excluding hydrogens is 633 g/mol. The molecule has 1 aliphatic rings. The Morgan fingerprint density at radius 3 is 1.94 bits per heavy atom. The van der Waals surface area contributed by atoms with Gasteiger partial charge in [-0.1, -0.05) is 101 Å². The van der Waals surface area contributed by atoms with Crippen molar-refractivity contribution in [2.24, 2.45) is 11.8 Å². The van der Waals surface area contributed by atoms with Crippen LogP contribution in [0, 0.1) is 23.7 Å². The standard InChI is InChI=1S/C39H76O5Si3/c1-16-20-23-26-32(42-45(12,13)38(5,6)7)29-30-34-33(27-24-21-22-25-28-37(40)41-11)36(44-47(17-2,18-3)19-4)31-35(34)43-46(14,15)39(8,9)10/h29-30,32-36H,16-20,22-23,25-28,31H2,1-15H3/b30-29+/t32-,33+,34?,35+,36-/m0/s1. The van der Waals surface area contributed by atoms with Gasteiger partial charge in [0.05, 0.1) is 25.4 Å². The molecule has 8 heteroatoms. The van der Waals surface area contributed by atoms with Gasteiger partial charge in [0.25, 0.3) is 0 Å². The van der Waals surface area contributed by atoms with Crippen molar-refractivity contribution in [1.29, 1.82) is 0 Å². The number of carbonyl (C=O) groups excluding carboxylic acids is 1. The van der Waals surface area contributed by atoms with Crippen LogP contribution in [0.25, 0.3) is 0 Å². The Bertz CT molecular complexity index is 1000. The number of hydrogen-bond donors (Lipinski definition) is 0. The summed E-state index contributed by atoms with van der Waals surface area (Å²) in [5, 5.41) is 0.280. The minimum atomic E-state index is -2.05. The van der Waals surface area contributed by atoms with E-state index in [-0.39, 0.29) is 46.2 Å². The molecule has 1 aliphatic carbocycles. The van der Waals surface area contributed by atoms with Crippen molar-refractivity contribution in [3.63, 3.8) is 0 Å². The molecule has 0 radical (unpaired) electrons. The molecule has 0 amide bonds. The van der Waals surface area contributed by atoms with E-state index in [0.29, 0.717) is 12.8 Å². The lowest BCUT2D eigenvalue weighted by atomic mass is 9.90. The van der Waals surface area contributed by atoms with Gasteiger partial charge in [0.2, 0.25) is 0 Å². The summed E-state index contributed by atoms with van der Waals surface area (Å²) in [6.45, 7) is 32.8. The summed E-state index contributed by atoms with van der Waals surface area (Å²) >= 11 is 0. The fourth-order valence-corrected chi connectivity index (χ4v) is 11.6. The second-order valence-corrected chi connectivity index (χ2v) is 31.3. The van der Waals surface area contributed by atoms with Gasteiger partial charge in [-0.2, -0.15) is 0 Å². The van der Waals surface area contributed by atoms with Crippen molar-refractivity contribution in [2.45, 2.75) is 200 Å². The first kappa shape index (κ1) is 44.3. The summed E-state index contributed by atoms with van der Waals surface area (Å²) < 4.78 is 26.6. The van der Waals surface area contributed by atoms with E-state index in [9.17, 15) is 4.79 Å². The summed E-state index contributed by atoms with van der Waals surface area (Å²) in [6, 6.07) is 3.41. The first-order valence-corrected chi connectivity index (χ1v) is 27.3. The van der Waals surface area contributed by atoms with Crippen molar-refractivity contribution in [1.82, 2.24) is 0 Å². The third-order valence-corrected chi connectivity index (χ3v) is 25.4. The van der Waals surface area contributed by atoms with E-state index in [1.807, 2.05) is 0 Å². The van der Waals surface area contributed by atoms with Crippen LogP contribution >= 0.6 is 0 Å². The molecule has 47 heavy (non-hydrogen) atoms. The smallest absolute Gasteiger partial charge is 0.305 e. The zero-order valence-corrected chi connectivity index (χ0v) is 36.6. The van der Waals surface area contributed by atoms with Crippen LogP contribution in [0.1, 0.15) is 127 Å². The number of hydrogen-bond acceptors (Lipinski definition) is 5. The van der Waals surface area contributed by atoms with Gasteiger partial charge in [-0.05, 0) is 73.7 Å². The van der Waals surface area contributed by atoms with Crippen LogP contribution in [-0.4, -0.2) is 56.3 Å². The Balaban J connectivity index is 3.62. The highest BCUT2D eigenvalue weighted by Gasteiger charge is 2.49. The van der Waals surface area contributed by atoms with Gasteiger partial charge in [-0.25, -0.2) is 0 Å². The van der Waals surface area contributed by atoms with Gasteiger partial charge in [0, 0.05) is 31.1 Å². The van der Waals surface area contributed by atoms with Crippen LogP contribution in [0.15, 0.2) is 12.2 Å². The van der Waals surface area contributed by atoms with Crippen LogP contribution in [-0.2, 0) is 22.8 Å². The van der Waals surface area contributed by atoms with E-state index >= 15 is 0 Å². The Labute approximate surface area is 295 Å². The zero-order chi connectivity index (χ0) is 36.1. The van der Waals surface area contributed by atoms with E-state index in [2.05, 4.69) is 119 Å². The molecule has 1 saturated carbocycles. The molecule has 0 aromatic rings. The molecule has 1 fully saturated rings. The van der Waals surface area contributed by atoms with Gasteiger partial charge in [-0.15, -0.1) is 11.8 Å². The van der Waals surface area contributed by atoms with Crippen LogP contribution in [0.3, 0.4) is 0 Å². The predicted molar refractivity (Wildman–Crippen MR) is 209 cm³/mol. The molecule has 0 aliphatic heterocycles. The van der Waals surface area contributed by atoms with Gasteiger partial charge < -0.3 is 18.0 Å². The number of esters is 1. The van der Waals surface area contributed by atoms with E-state index in [0.717, 1.165) is 43.8 Å². The fourth-order valence-electron chi connectivity index (χ4n) is 6.06. The fraction of sp³-hybridized carbons (Fsp3) is 0.872. The SMILES string of the molecule is CCCCC[C@@H](/C=C/C1[C@@H](CC#CCCCC(=O)OC)[C@@H](O[Si](CC)(CC)CC)C[C@H]1O[Si](C)(C)C(C)(C)C)O[Si](C)(C)C(C)(C)C. The van der Waals surface area contributed by atoms with Crippen molar-refractivity contribution < 1.29 is 22.8 Å². The second-order valence-electron chi connectivity index (χ2n) is 17.1. The van der Waals surface area contributed by atoms with E-state index < -0.39 is 25.0 Å². The number of carbonyl (C=O) groups is 1. The van der Waals surface area contributed by atoms with Crippen molar-refractivity contribution in [2.75, 3.05) is 7.11 Å². The average Bonchev–Trinajstić information content (AvgIpc) is 3.28. The van der Waals surface area contributed by atoms with Gasteiger partial charge in [0.15, 0.2) is 25.0 Å². The number of unbranched alkanes of at least 4 members (excludes halogenated alkanes) is 3. The molecule has 0 heterocycles. The third-order valence-electron chi connectivity index (χ3n) is 11.7. The maximum Gasteiger partial charge on any atom is 0.305 e. The van der Waals surface area contributed by atoms with E-state index in [4.69, 9.17) is 18.0 Å². The maximum absolute atomic E-state index is 11.6. The summed E-state index contributed by atoms with van der Waals surface area (Å²) in [7, 11) is -4.42. The average molecular weight is 709 g/mol. The van der Waals surface area contributed by atoms with Crippen molar-refractivity contribution in [3.05, 3.63) is 12.2 Å². The van der Waals surface area contributed by atoms with Crippen molar-refractivity contribution >= 4 is 30.9 Å². The predicted octanol–water partition coefficient (Wildman–Crippen LogP) is 11.7. The van der Waals surface area contributed by atoms with Crippen LogP contribution < -0.4 is 0 Å². The Morgan fingerprint density at radius 1 is 0.830 bits per heavy atom. The minimum absolute atomic E-state index is 0.102. The lowest BCUT2D eigenvalue weighted by Crippen LogP contribution is -2.45. The minimum Gasteiger partial charge on any atom is -0.469 e. The van der Waals surface area contributed by atoms with Crippen molar-refractivity contribution in [3.8, 4) is 11.8 Å². The Kier molecular flexibility index (Phi) is 18.5. The summed E-state index contributed by atoms with van der Waals surface area (Å²) in [5.41, 5.74) is 0. The summed E-state index contributed by atoms with van der Waals surface area (Å²) in [6.07, 6.45) is 13.4. The summed E-state index contributed by atoms with van der Waals surface area (Å²) in [4.78, 5) is 11.6. The highest BCUT2D eigenvalue weighted by Crippen LogP contribution is 2.46. The van der Waals surface area contributed by atoms with Crippen LogP contribution in [0.4, 0.5) is 0 Å². The lowest BCUT2D eigenvalue weighted by molar-refractivity contribution is -0.140. The largest absolute Gasteiger partial charge is 0.469 e. The molecule has 0 aromatic carbocycles. The molecule has 0 spiro atoms. The monoisotopic (exact) mass is 709 g/mol. The van der Waals surface area contributed by atoms with E-state index in [1.54, 1.807) is 0 Å². The second kappa shape index (κ2) is 19.6. The summed E-state index contributed by atoms with van der Waals surface area (Å²) in [5.74, 6) is 7.25. The molecule has 1 unspecified atom stereocenters. The van der Waals surface area contributed by atoms with Gasteiger partial charge in [0.1, 0.15) is 0 Å². The molecule has 1 rings (SSSR count). The topological polar surface area (TPSA) is 54.0 Å². The normalized spacial score (nSPS) is 21.9. The molecular formula is C39H76O5Si3. The Hall–Kier alpha value is -0.699. The molecule has 0 N–H and O–H groups in total. The quantitative estimate of drug-likeness (QED) is 0.0439.